The number of ether oxygens (including phenoxy) is 1. The predicted molar refractivity (Wildman–Crippen MR) is 82.7 cm³/mol. The van der Waals surface area contributed by atoms with Crippen LogP contribution in [0.2, 0.25) is 0 Å². The van der Waals surface area contributed by atoms with Gasteiger partial charge in [-0.25, -0.2) is 4.79 Å². The maximum absolute atomic E-state index is 10.7. The molecule has 0 aliphatic rings. The van der Waals surface area contributed by atoms with E-state index >= 15 is 0 Å². The van der Waals surface area contributed by atoms with Crippen molar-refractivity contribution in [2.75, 3.05) is 7.11 Å². The highest BCUT2D eigenvalue weighted by Gasteiger charge is 2.13. The highest BCUT2D eigenvalue weighted by Crippen LogP contribution is 2.10. The van der Waals surface area contributed by atoms with Gasteiger partial charge in [-0.1, -0.05) is 64.2 Å². The van der Waals surface area contributed by atoms with Crippen LogP contribution in [0, 0.1) is 11.8 Å². The van der Waals surface area contributed by atoms with Crippen LogP contribution in [0.15, 0.2) is 0 Å². The molecule has 0 aromatic carbocycles. The molecular formula is C17H30O3. The molecule has 0 amide bonds. The normalized spacial score (nSPS) is 11.7. The first-order valence-corrected chi connectivity index (χ1v) is 7.93. The van der Waals surface area contributed by atoms with Crippen LogP contribution in [-0.4, -0.2) is 24.3 Å². The Morgan fingerprint density at radius 2 is 1.55 bits per heavy atom. The van der Waals surface area contributed by atoms with Gasteiger partial charge in [-0.05, 0) is 6.42 Å². The van der Waals surface area contributed by atoms with Crippen molar-refractivity contribution in [3.63, 3.8) is 0 Å². The first-order valence-electron chi connectivity index (χ1n) is 7.93. The Balaban J connectivity index is 3.34. The average Bonchev–Trinajstić information content (AvgIpc) is 2.43. The summed E-state index contributed by atoms with van der Waals surface area (Å²) in [5, 5.41) is 8.76. The molecule has 1 atom stereocenters. The molecule has 3 heteroatoms. The van der Waals surface area contributed by atoms with Gasteiger partial charge < -0.3 is 9.84 Å². The van der Waals surface area contributed by atoms with Crippen LogP contribution in [-0.2, 0) is 9.53 Å². The van der Waals surface area contributed by atoms with Crippen LogP contribution in [0.4, 0.5) is 0 Å². The summed E-state index contributed by atoms with van der Waals surface area (Å²) < 4.78 is 4.81. The molecule has 0 spiro atoms. The third-order valence-corrected chi connectivity index (χ3v) is 3.38. The van der Waals surface area contributed by atoms with Crippen LogP contribution in [0.5, 0.6) is 0 Å². The Morgan fingerprint density at radius 1 is 1.00 bits per heavy atom. The summed E-state index contributed by atoms with van der Waals surface area (Å²) in [6, 6.07) is 0. The Kier molecular flexibility index (Phi) is 13.7. The van der Waals surface area contributed by atoms with Gasteiger partial charge in [0.25, 0.3) is 0 Å². The van der Waals surface area contributed by atoms with Crippen molar-refractivity contribution in [1.82, 2.24) is 0 Å². The van der Waals surface area contributed by atoms with E-state index in [2.05, 4.69) is 18.8 Å². The summed E-state index contributed by atoms with van der Waals surface area (Å²) in [4.78, 5) is 10.7. The quantitative estimate of drug-likeness (QED) is 0.426. The summed E-state index contributed by atoms with van der Waals surface area (Å²) in [5.74, 6) is 4.98. The number of unbranched alkanes of at least 4 members (excludes halogenated alkanes) is 9. The van der Waals surface area contributed by atoms with E-state index in [1.54, 1.807) is 0 Å². The number of carboxylic acid groups (broad SMARTS) is 1. The molecule has 0 fully saturated rings. The third-order valence-electron chi connectivity index (χ3n) is 3.38. The van der Waals surface area contributed by atoms with Crippen molar-refractivity contribution in [3.05, 3.63) is 0 Å². The number of hydrogen-bond acceptors (Lipinski definition) is 2. The van der Waals surface area contributed by atoms with Crippen molar-refractivity contribution in [2.45, 2.75) is 83.7 Å². The molecule has 1 N–H and O–H groups in total. The lowest BCUT2D eigenvalue weighted by atomic mass is 10.1. The fourth-order valence-corrected chi connectivity index (χ4v) is 2.05. The molecule has 116 valence electrons. The third kappa shape index (κ3) is 12.0. The van der Waals surface area contributed by atoms with E-state index in [1.807, 2.05) is 0 Å². The minimum absolute atomic E-state index is 0.281. The zero-order chi connectivity index (χ0) is 15.1. The van der Waals surface area contributed by atoms with Crippen LogP contribution < -0.4 is 0 Å². The van der Waals surface area contributed by atoms with E-state index in [9.17, 15) is 4.79 Å². The van der Waals surface area contributed by atoms with E-state index < -0.39 is 12.1 Å². The first kappa shape index (κ1) is 19.0. The molecule has 0 aliphatic heterocycles. The van der Waals surface area contributed by atoms with Gasteiger partial charge in [-0.3, -0.25) is 0 Å². The fraction of sp³-hybridized carbons (Fsp3) is 0.824. The molecule has 0 aromatic rings. The maximum atomic E-state index is 10.7. The monoisotopic (exact) mass is 282 g/mol. The summed E-state index contributed by atoms with van der Waals surface area (Å²) in [5.41, 5.74) is 0. The van der Waals surface area contributed by atoms with Gasteiger partial charge in [0.05, 0.1) is 0 Å². The van der Waals surface area contributed by atoms with Gasteiger partial charge in [-0.2, -0.15) is 0 Å². The van der Waals surface area contributed by atoms with Crippen molar-refractivity contribution < 1.29 is 14.6 Å². The van der Waals surface area contributed by atoms with Crippen LogP contribution >= 0.6 is 0 Å². The molecule has 0 saturated carbocycles. The highest BCUT2D eigenvalue weighted by molar-refractivity contribution is 5.72. The van der Waals surface area contributed by atoms with E-state index in [1.165, 1.54) is 58.5 Å². The topological polar surface area (TPSA) is 46.5 Å². The Morgan fingerprint density at radius 3 is 2.05 bits per heavy atom. The minimum atomic E-state index is -0.940. The first-order chi connectivity index (χ1) is 9.72. The molecule has 0 aromatic heterocycles. The number of aliphatic carboxylic acids is 1. The Labute approximate surface area is 124 Å². The number of carboxylic acids is 1. The zero-order valence-electron chi connectivity index (χ0n) is 13.1. The number of carbonyl (C=O) groups is 1. The minimum Gasteiger partial charge on any atom is -0.479 e. The van der Waals surface area contributed by atoms with E-state index in [4.69, 9.17) is 9.84 Å². The molecule has 0 bridgehead atoms. The maximum Gasteiger partial charge on any atom is 0.333 e. The van der Waals surface area contributed by atoms with Crippen molar-refractivity contribution in [1.29, 1.82) is 0 Å². The lowest BCUT2D eigenvalue weighted by molar-refractivity contribution is -0.148. The van der Waals surface area contributed by atoms with Gasteiger partial charge in [0.15, 0.2) is 6.10 Å². The van der Waals surface area contributed by atoms with Gasteiger partial charge >= 0.3 is 5.97 Å². The van der Waals surface area contributed by atoms with E-state index in [0.29, 0.717) is 0 Å². The molecule has 0 heterocycles. The molecule has 0 saturated heterocycles. The lowest BCUT2D eigenvalue weighted by Gasteiger charge is -2.04. The highest BCUT2D eigenvalue weighted by atomic mass is 16.5. The molecule has 1 unspecified atom stereocenters. The summed E-state index contributed by atoms with van der Waals surface area (Å²) >= 11 is 0. The number of hydrogen-bond donors (Lipinski definition) is 1. The molecule has 0 radical (unpaired) electrons. The second-order valence-corrected chi connectivity index (χ2v) is 5.20. The van der Waals surface area contributed by atoms with Gasteiger partial charge in [-0.15, -0.1) is 5.92 Å². The van der Waals surface area contributed by atoms with Gasteiger partial charge in [0.1, 0.15) is 0 Å². The van der Waals surface area contributed by atoms with Crippen molar-refractivity contribution in [3.8, 4) is 11.8 Å². The Hall–Kier alpha value is -1.01. The standard InChI is InChI=1S/C17H30O3/c1-3-4-5-6-7-8-9-10-11-12-13-14-15-16(20-2)17(18)19/h16H,3-12,15H2,1-2H3,(H,18,19). The van der Waals surface area contributed by atoms with Gasteiger partial charge in [0.2, 0.25) is 0 Å². The summed E-state index contributed by atoms with van der Waals surface area (Å²) in [7, 11) is 1.40. The second kappa shape index (κ2) is 14.4. The number of rotatable bonds is 12. The predicted octanol–water partition coefficient (Wildman–Crippen LogP) is 4.40. The van der Waals surface area contributed by atoms with E-state index in [-0.39, 0.29) is 6.42 Å². The lowest BCUT2D eigenvalue weighted by Crippen LogP contribution is -2.21. The molecule has 0 aliphatic carbocycles. The van der Waals surface area contributed by atoms with Crippen molar-refractivity contribution in [2.24, 2.45) is 0 Å². The smallest absolute Gasteiger partial charge is 0.333 e. The van der Waals surface area contributed by atoms with Gasteiger partial charge in [0, 0.05) is 20.0 Å². The molecule has 0 rings (SSSR count). The Bertz CT molecular complexity index is 288. The van der Waals surface area contributed by atoms with Crippen molar-refractivity contribution >= 4 is 5.97 Å². The fourth-order valence-electron chi connectivity index (χ4n) is 2.05. The van der Waals surface area contributed by atoms with Crippen LogP contribution in [0.1, 0.15) is 77.6 Å². The molecule has 3 nitrogen and oxygen atoms in total. The van der Waals surface area contributed by atoms with Crippen LogP contribution in [0.25, 0.3) is 0 Å². The molecular weight excluding hydrogens is 252 g/mol. The zero-order valence-corrected chi connectivity index (χ0v) is 13.1. The van der Waals surface area contributed by atoms with Crippen LogP contribution in [0.3, 0.4) is 0 Å². The van der Waals surface area contributed by atoms with E-state index in [0.717, 1.165) is 12.8 Å². The second-order valence-electron chi connectivity index (χ2n) is 5.20. The average molecular weight is 282 g/mol. The summed E-state index contributed by atoms with van der Waals surface area (Å²) in [6.07, 6.45) is 12.1. The summed E-state index contributed by atoms with van der Waals surface area (Å²) in [6.45, 7) is 2.24. The molecule has 20 heavy (non-hydrogen) atoms. The SMILES string of the molecule is CCCCCCCCCCCC#CCC(OC)C(=O)O. The largest absolute Gasteiger partial charge is 0.479 e. The number of methoxy groups -OCH3 is 1.